The van der Waals surface area contributed by atoms with E-state index in [9.17, 15) is 4.79 Å². The van der Waals surface area contributed by atoms with Gasteiger partial charge in [-0.15, -0.1) is 11.3 Å². The Balaban J connectivity index is 1.60. The van der Waals surface area contributed by atoms with Gasteiger partial charge in [-0.2, -0.15) is 0 Å². The van der Waals surface area contributed by atoms with E-state index in [1.54, 1.807) is 12.4 Å². The molecule has 0 aliphatic heterocycles. The van der Waals surface area contributed by atoms with Gasteiger partial charge in [0.15, 0.2) is 0 Å². The number of nitrogens with one attached hydrogen (secondary N) is 1. The number of nitrogens with zero attached hydrogens (tertiary/aromatic N) is 3. The number of aromatic nitrogens is 3. The largest absolute Gasteiger partial charge is 0.351 e. The molecule has 1 N–H and O–H groups in total. The molecule has 0 fully saturated rings. The first-order valence-electron chi connectivity index (χ1n) is 8.02. The molecular weight excluding hydrogens is 332 g/mol. The maximum absolute atomic E-state index is 12.8. The van der Waals surface area contributed by atoms with E-state index in [-0.39, 0.29) is 5.91 Å². The van der Waals surface area contributed by atoms with Gasteiger partial charge in [-0.3, -0.25) is 9.78 Å². The van der Waals surface area contributed by atoms with Gasteiger partial charge in [0.1, 0.15) is 9.71 Å². The summed E-state index contributed by atoms with van der Waals surface area (Å²) < 4.78 is 1.97. The lowest BCUT2D eigenvalue weighted by Gasteiger charge is -2.07. The summed E-state index contributed by atoms with van der Waals surface area (Å²) in [4.78, 5) is 23.0. The topological polar surface area (TPSA) is 59.8 Å². The predicted molar refractivity (Wildman–Crippen MR) is 99.2 cm³/mol. The highest BCUT2D eigenvalue weighted by molar-refractivity contribution is 7.21. The van der Waals surface area contributed by atoms with Crippen molar-refractivity contribution in [3.05, 3.63) is 77.8 Å². The van der Waals surface area contributed by atoms with E-state index >= 15 is 0 Å². The third-order valence-electron chi connectivity index (χ3n) is 3.90. The van der Waals surface area contributed by atoms with E-state index in [4.69, 9.17) is 0 Å². The van der Waals surface area contributed by atoms with Crippen molar-refractivity contribution in [2.45, 2.75) is 6.42 Å². The van der Waals surface area contributed by atoms with Crippen LogP contribution in [0, 0.1) is 0 Å². The molecule has 0 spiro atoms. The van der Waals surface area contributed by atoms with Crippen LogP contribution in [0.25, 0.3) is 15.9 Å². The molecule has 6 heteroatoms. The Kier molecular flexibility index (Phi) is 4.26. The average Bonchev–Trinajstić information content (AvgIpc) is 3.29. The van der Waals surface area contributed by atoms with Crippen LogP contribution in [-0.4, -0.2) is 27.0 Å². The van der Waals surface area contributed by atoms with Crippen LogP contribution in [0.4, 0.5) is 0 Å². The standard InChI is InChI=1S/C19H16N4OS/c24-18(21-11-8-14-6-1-2-9-20-14)17-16(23-12-3-4-13-23)15-7-5-10-22-19(15)25-17/h1-7,9-10,12-13H,8,11H2,(H,21,24). The smallest absolute Gasteiger partial charge is 0.263 e. The minimum absolute atomic E-state index is 0.0809. The van der Waals surface area contributed by atoms with Crippen molar-refractivity contribution in [1.82, 2.24) is 19.9 Å². The highest BCUT2D eigenvalue weighted by Gasteiger charge is 2.19. The van der Waals surface area contributed by atoms with Crippen molar-refractivity contribution >= 4 is 27.5 Å². The molecule has 0 atom stereocenters. The molecule has 4 aromatic rings. The maximum atomic E-state index is 12.8. The monoisotopic (exact) mass is 348 g/mol. The van der Waals surface area contributed by atoms with E-state index in [0.29, 0.717) is 17.8 Å². The molecule has 0 unspecified atom stereocenters. The first-order valence-corrected chi connectivity index (χ1v) is 8.83. The second-order valence-electron chi connectivity index (χ2n) is 5.55. The molecule has 0 bridgehead atoms. The molecule has 0 aliphatic rings. The lowest BCUT2D eigenvalue weighted by Crippen LogP contribution is -2.26. The van der Waals surface area contributed by atoms with Crippen LogP contribution in [0.15, 0.2) is 67.3 Å². The Bertz CT molecular complexity index is 993. The number of hydrogen-bond donors (Lipinski definition) is 1. The van der Waals surface area contributed by atoms with Gasteiger partial charge >= 0.3 is 0 Å². The SMILES string of the molecule is O=C(NCCc1ccccn1)c1sc2ncccc2c1-n1cccc1. The molecule has 0 saturated heterocycles. The highest BCUT2D eigenvalue weighted by atomic mass is 32.1. The van der Waals surface area contributed by atoms with Crippen LogP contribution >= 0.6 is 11.3 Å². The summed E-state index contributed by atoms with van der Waals surface area (Å²) in [6, 6.07) is 13.6. The van der Waals surface area contributed by atoms with Crippen molar-refractivity contribution < 1.29 is 4.79 Å². The van der Waals surface area contributed by atoms with E-state index in [2.05, 4.69) is 15.3 Å². The normalized spacial score (nSPS) is 10.9. The molecule has 4 rings (SSSR count). The van der Waals surface area contributed by atoms with Crippen molar-refractivity contribution in [2.75, 3.05) is 6.54 Å². The maximum Gasteiger partial charge on any atom is 0.263 e. The van der Waals surface area contributed by atoms with Crippen LogP contribution in [0.5, 0.6) is 0 Å². The van der Waals surface area contributed by atoms with E-state index in [1.165, 1.54) is 11.3 Å². The lowest BCUT2D eigenvalue weighted by atomic mass is 10.2. The van der Waals surface area contributed by atoms with Gasteiger partial charge in [-0.1, -0.05) is 6.07 Å². The van der Waals surface area contributed by atoms with Crippen LogP contribution in [0.2, 0.25) is 0 Å². The summed E-state index contributed by atoms with van der Waals surface area (Å²) in [5, 5.41) is 3.99. The summed E-state index contributed by atoms with van der Waals surface area (Å²) in [5.41, 5.74) is 1.85. The number of hydrogen-bond acceptors (Lipinski definition) is 4. The summed E-state index contributed by atoms with van der Waals surface area (Å²) >= 11 is 1.42. The highest BCUT2D eigenvalue weighted by Crippen LogP contribution is 2.32. The van der Waals surface area contributed by atoms with Crippen molar-refractivity contribution in [3.8, 4) is 5.69 Å². The third-order valence-corrected chi connectivity index (χ3v) is 5.00. The Hall–Kier alpha value is -2.99. The molecule has 0 saturated carbocycles. The minimum Gasteiger partial charge on any atom is -0.351 e. The van der Waals surface area contributed by atoms with E-state index in [0.717, 1.165) is 21.6 Å². The zero-order valence-corrected chi connectivity index (χ0v) is 14.2. The van der Waals surface area contributed by atoms with Gasteiger partial charge in [0, 0.05) is 48.8 Å². The molecule has 25 heavy (non-hydrogen) atoms. The van der Waals surface area contributed by atoms with Gasteiger partial charge in [-0.25, -0.2) is 4.98 Å². The Morgan fingerprint density at radius 1 is 1.04 bits per heavy atom. The molecule has 124 valence electrons. The van der Waals surface area contributed by atoms with Crippen LogP contribution in [-0.2, 0) is 6.42 Å². The fraction of sp³-hybridized carbons (Fsp3) is 0.105. The number of thiophene rings is 1. The van der Waals surface area contributed by atoms with Gasteiger partial charge in [0.25, 0.3) is 5.91 Å². The summed E-state index contributed by atoms with van der Waals surface area (Å²) in [5.74, 6) is -0.0809. The summed E-state index contributed by atoms with van der Waals surface area (Å²) in [6.07, 6.45) is 8.10. The first-order chi connectivity index (χ1) is 12.3. The molecule has 5 nitrogen and oxygen atoms in total. The quantitative estimate of drug-likeness (QED) is 0.601. The lowest BCUT2D eigenvalue weighted by molar-refractivity contribution is 0.0958. The second kappa shape index (κ2) is 6.86. The van der Waals surface area contributed by atoms with Gasteiger partial charge in [-0.05, 0) is 36.4 Å². The zero-order valence-electron chi connectivity index (χ0n) is 13.4. The van der Waals surface area contributed by atoms with E-state index < -0.39 is 0 Å². The Morgan fingerprint density at radius 2 is 1.88 bits per heavy atom. The Morgan fingerprint density at radius 3 is 2.68 bits per heavy atom. The number of carbonyl (C=O) groups excluding carboxylic acids is 1. The van der Waals surface area contributed by atoms with Gasteiger partial charge in [0.05, 0.1) is 5.69 Å². The average molecular weight is 348 g/mol. The molecule has 1 amide bonds. The molecule has 0 aromatic carbocycles. The number of carbonyl (C=O) groups is 1. The summed E-state index contributed by atoms with van der Waals surface area (Å²) in [7, 11) is 0. The molecular formula is C19H16N4OS. The van der Waals surface area contributed by atoms with Crippen LogP contribution in [0.3, 0.4) is 0 Å². The summed E-state index contributed by atoms with van der Waals surface area (Å²) in [6.45, 7) is 0.544. The van der Waals surface area contributed by atoms with Gasteiger partial charge < -0.3 is 9.88 Å². The zero-order chi connectivity index (χ0) is 17.1. The number of fused-ring (bicyclic) bond motifs is 1. The van der Waals surface area contributed by atoms with E-state index in [1.807, 2.05) is 59.4 Å². The van der Waals surface area contributed by atoms with Crippen LogP contribution < -0.4 is 5.32 Å². The molecule has 0 aliphatic carbocycles. The van der Waals surface area contributed by atoms with Crippen molar-refractivity contribution in [3.63, 3.8) is 0 Å². The third kappa shape index (κ3) is 3.16. The second-order valence-corrected chi connectivity index (χ2v) is 6.55. The van der Waals surface area contributed by atoms with Crippen molar-refractivity contribution in [2.24, 2.45) is 0 Å². The minimum atomic E-state index is -0.0809. The predicted octanol–water partition coefficient (Wildman–Crippen LogP) is 3.45. The molecule has 4 heterocycles. The number of rotatable bonds is 5. The van der Waals surface area contributed by atoms with Crippen molar-refractivity contribution in [1.29, 1.82) is 0 Å². The van der Waals surface area contributed by atoms with Crippen LogP contribution in [0.1, 0.15) is 15.4 Å². The molecule has 0 radical (unpaired) electrons. The fourth-order valence-electron chi connectivity index (χ4n) is 2.74. The number of amides is 1. The first kappa shape index (κ1) is 15.5. The van der Waals surface area contributed by atoms with Gasteiger partial charge in [0.2, 0.25) is 0 Å². The number of pyridine rings is 2. The molecule has 4 aromatic heterocycles. The fourth-order valence-corrected chi connectivity index (χ4v) is 3.80. The Labute approximate surface area is 149 Å².